The molecule has 1 saturated carbocycles. The summed E-state index contributed by atoms with van der Waals surface area (Å²) in [4.78, 5) is 32.9. The molecule has 2 amide bonds. The van der Waals surface area contributed by atoms with Gasteiger partial charge in [0.25, 0.3) is 5.91 Å². The van der Waals surface area contributed by atoms with Crippen molar-refractivity contribution in [2.75, 3.05) is 5.32 Å². The van der Waals surface area contributed by atoms with Gasteiger partial charge in [0.05, 0.1) is 0 Å². The highest BCUT2D eigenvalue weighted by atomic mass is 35.5. The van der Waals surface area contributed by atoms with Crippen molar-refractivity contribution in [3.8, 4) is 0 Å². The summed E-state index contributed by atoms with van der Waals surface area (Å²) in [5, 5.41) is 3.51. The molecular formula is C24H24ClN3O3. The molecule has 3 unspecified atom stereocenters. The molecule has 1 aliphatic carbocycles. The van der Waals surface area contributed by atoms with E-state index in [-0.39, 0.29) is 17.9 Å². The van der Waals surface area contributed by atoms with Crippen LogP contribution >= 0.6 is 11.6 Å². The third kappa shape index (κ3) is 3.81. The van der Waals surface area contributed by atoms with Crippen molar-refractivity contribution in [1.29, 1.82) is 0 Å². The van der Waals surface area contributed by atoms with Gasteiger partial charge in [-0.1, -0.05) is 30.5 Å². The first-order valence-electron chi connectivity index (χ1n) is 10.8. The van der Waals surface area contributed by atoms with E-state index in [1.165, 1.54) is 0 Å². The van der Waals surface area contributed by atoms with Crippen LogP contribution in [-0.4, -0.2) is 33.8 Å². The second-order valence-electron chi connectivity index (χ2n) is 8.49. The van der Waals surface area contributed by atoms with Crippen molar-refractivity contribution < 1.29 is 14.0 Å². The number of carbonyl (C=O) groups is 2. The van der Waals surface area contributed by atoms with E-state index in [2.05, 4.69) is 10.3 Å². The number of aromatic nitrogens is 1. The van der Waals surface area contributed by atoms with Gasteiger partial charge in [0.1, 0.15) is 11.6 Å². The fraction of sp³-hybridized carbons (Fsp3) is 0.375. The van der Waals surface area contributed by atoms with Gasteiger partial charge >= 0.3 is 0 Å². The lowest BCUT2D eigenvalue weighted by Gasteiger charge is -2.33. The topological polar surface area (TPSA) is 75.4 Å². The normalized spacial score (nSPS) is 23.0. The number of amides is 2. The average molecular weight is 438 g/mol. The number of benzene rings is 2. The predicted octanol–water partition coefficient (Wildman–Crippen LogP) is 5.20. The van der Waals surface area contributed by atoms with Crippen LogP contribution in [0.5, 0.6) is 0 Å². The number of likely N-dealkylation sites (tertiary alicyclic amines) is 1. The number of rotatable bonds is 3. The summed E-state index contributed by atoms with van der Waals surface area (Å²) < 4.78 is 5.58. The zero-order valence-corrected chi connectivity index (χ0v) is 18.1. The number of hydrogen-bond acceptors (Lipinski definition) is 4. The van der Waals surface area contributed by atoms with Crippen LogP contribution in [0.3, 0.4) is 0 Å². The van der Waals surface area contributed by atoms with Gasteiger partial charge < -0.3 is 14.6 Å². The quantitative estimate of drug-likeness (QED) is 0.610. The lowest BCUT2D eigenvalue weighted by atomic mass is 9.84. The maximum Gasteiger partial charge on any atom is 0.254 e. The Morgan fingerprint density at radius 3 is 2.84 bits per heavy atom. The molecular weight excluding hydrogens is 414 g/mol. The molecule has 1 aromatic heterocycles. The second-order valence-corrected chi connectivity index (χ2v) is 8.93. The van der Waals surface area contributed by atoms with Crippen LogP contribution < -0.4 is 5.32 Å². The molecule has 3 atom stereocenters. The Kier molecular flexibility index (Phi) is 5.18. The SMILES string of the molecule is Cc1nc2ccc(NC(=O)C3CC4CCCCC4N3C(=O)c3cccc(Cl)c3)cc2o1. The van der Waals surface area contributed by atoms with Gasteiger partial charge in [0.2, 0.25) is 5.91 Å². The number of anilines is 1. The molecule has 1 saturated heterocycles. The first kappa shape index (κ1) is 20.1. The molecule has 3 aromatic rings. The Morgan fingerprint density at radius 1 is 1.16 bits per heavy atom. The van der Waals surface area contributed by atoms with Gasteiger partial charge in [-0.15, -0.1) is 0 Å². The molecule has 160 valence electrons. The number of nitrogens with zero attached hydrogens (tertiary/aromatic N) is 2. The van der Waals surface area contributed by atoms with E-state index < -0.39 is 6.04 Å². The van der Waals surface area contributed by atoms with Crippen molar-refractivity contribution in [2.45, 2.75) is 51.1 Å². The van der Waals surface area contributed by atoms with Gasteiger partial charge in [0, 0.05) is 35.3 Å². The highest BCUT2D eigenvalue weighted by molar-refractivity contribution is 6.31. The number of nitrogens with one attached hydrogen (secondary N) is 1. The Labute approximate surface area is 185 Å². The molecule has 2 aliphatic rings. The molecule has 0 bridgehead atoms. The fourth-order valence-electron chi connectivity index (χ4n) is 5.10. The van der Waals surface area contributed by atoms with Crippen molar-refractivity contribution in [2.24, 2.45) is 5.92 Å². The molecule has 2 fully saturated rings. The third-order valence-corrected chi connectivity index (χ3v) is 6.69. The summed E-state index contributed by atoms with van der Waals surface area (Å²) in [7, 11) is 0. The highest BCUT2D eigenvalue weighted by Crippen LogP contribution is 2.41. The number of halogens is 1. The maximum absolute atomic E-state index is 13.5. The van der Waals surface area contributed by atoms with E-state index in [1.54, 1.807) is 37.3 Å². The average Bonchev–Trinajstić information content (AvgIpc) is 3.32. The monoisotopic (exact) mass is 437 g/mol. The molecule has 7 heteroatoms. The number of hydrogen-bond donors (Lipinski definition) is 1. The Hall–Kier alpha value is -2.86. The van der Waals surface area contributed by atoms with Crippen molar-refractivity contribution >= 4 is 40.2 Å². The fourth-order valence-corrected chi connectivity index (χ4v) is 5.29. The third-order valence-electron chi connectivity index (χ3n) is 6.46. The lowest BCUT2D eigenvalue weighted by molar-refractivity contribution is -0.120. The van der Waals surface area contributed by atoms with Gasteiger partial charge in [-0.3, -0.25) is 9.59 Å². The summed E-state index contributed by atoms with van der Waals surface area (Å²) in [5.74, 6) is 0.641. The highest BCUT2D eigenvalue weighted by Gasteiger charge is 2.47. The zero-order chi connectivity index (χ0) is 21.5. The molecule has 0 spiro atoms. The zero-order valence-electron chi connectivity index (χ0n) is 17.3. The lowest BCUT2D eigenvalue weighted by Crippen LogP contribution is -2.47. The molecule has 31 heavy (non-hydrogen) atoms. The smallest absolute Gasteiger partial charge is 0.254 e. The van der Waals surface area contributed by atoms with Crippen LogP contribution in [0.2, 0.25) is 5.02 Å². The standard InChI is InChI=1S/C24H24ClN3O3/c1-14-26-19-10-9-18(13-22(19)31-14)27-23(29)21-12-15-5-2-3-8-20(15)28(21)24(30)16-6-4-7-17(25)11-16/h4,6-7,9-11,13,15,20-21H,2-3,5,8,12H2,1H3,(H,27,29). The van der Waals surface area contributed by atoms with Gasteiger partial charge in [-0.05, 0) is 55.5 Å². The van der Waals surface area contributed by atoms with E-state index >= 15 is 0 Å². The molecule has 6 nitrogen and oxygen atoms in total. The van der Waals surface area contributed by atoms with Crippen molar-refractivity contribution in [3.63, 3.8) is 0 Å². The van der Waals surface area contributed by atoms with E-state index in [0.29, 0.717) is 40.1 Å². The first-order chi connectivity index (χ1) is 15.0. The summed E-state index contributed by atoms with van der Waals surface area (Å²) in [6, 6.07) is 12.0. The van der Waals surface area contributed by atoms with E-state index in [0.717, 1.165) is 31.2 Å². The van der Waals surface area contributed by atoms with Gasteiger partial charge in [-0.25, -0.2) is 4.98 Å². The van der Waals surface area contributed by atoms with Crippen molar-refractivity contribution in [1.82, 2.24) is 9.88 Å². The Balaban J connectivity index is 1.43. The first-order valence-corrected chi connectivity index (χ1v) is 11.1. The van der Waals surface area contributed by atoms with Crippen LogP contribution in [0.25, 0.3) is 11.1 Å². The van der Waals surface area contributed by atoms with Crippen molar-refractivity contribution in [3.05, 3.63) is 58.9 Å². The molecule has 2 aromatic carbocycles. The Morgan fingerprint density at radius 2 is 2.00 bits per heavy atom. The van der Waals surface area contributed by atoms with Crippen LogP contribution in [0.1, 0.15) is 48.4 Å². The number of fused-ring (bicyclic) bond motifs is 2. The van der Waals surface area contributed by atoms with Crippen LogP contribution in [0.15, 0.2) is 46.9 Å². The summed E-state index contributed by atoms with van der Waals surface area (Å²) in [6.45, 7) is 1.79. The minimum absolute atomic E-state index is 0.0929. The van der Waals surface area contributed by atoms with E-state index in [9.17, 15) is 9.59 Å². The summed E-state index contributed by atoms with van der Waals surface area (Å²) in [5.41, 5.74) is 2.54. The number of oxazole rings is 1. The van der Waals surface area contributed by atoms with Crippen LogP contribution in [0, 0.1) is 12.8 Å². The number of aryl methyl sites for hydroxylation is 1. The van der Waals surface area contributed by atoms with Crippen LogP contribution in [0.4, 0.5) is 5.69 Å². The molecule has 0 radical (unpaired) electrons. The van der Waals surface area contributed by atoms with Gasteiger partial charge in [0.15, 0.2) is 11.5 Å². The molecule has 1 N–H and O–H groups in total. The van der Waals surface area contributed by atoms with Crippen LogP contribution in [-0.2, 0) is 4.79 Å². The molecule has 2 heterocycles. The second kappa shape index (κ2) is 8.00. The van der Waals surface area contributed by atoms with Gasteiger partial charge in [-0.2, -0.15) is 0 Å². The summed E-state index contributed by atoms with van der Waals surface area (Å²) in [6.07, 6.45) is 4.90. The molecule has 1 aliphatic heterocycles. The predicted molar refractivity (Wildman–Crippen MR) is 119 cm³/mol. The van der Waals surface area contributed by atoms with E-state index in [1.807, 2.05) is 17.0 Å². The molecule has 5 rings (SSSR count). The van der Waals surface area contributed by atoms with E-state index in [4.69, 9.17) is 16.0 Å². The Bertz CT molecular complexity index is 1160. The minimum Gasteiger partial charge on any atom is -0.441 e. The minimum atomic E-state index is -0.508. The number of carbonyl (C=O) groups excluding carboxylic acids is 2. The summed E-state index contributed by atoms with van der Waals surface area (Å²) >= 11 is 6.12. The maximum atomic E-state index is 13.5. The largest absolute Gasteiger partial charge is 0.441 e.